The first-order valence-corrected chi connectivity index (χ1v) is 10.3. The van der Waals surface area contributed by atoms with Crippen LogP contribution in [0.15, 0.2) is 42.6 Å². The largest absolute Gasteiger partial charge is 0.462 e. The Morgan fingerprint density at radius 3 is 2.67 bits per heavy atom. The topological polar surface area (TPSA) is 111 Å². The summed E-state index contributed by atoms with van der Waals surface area (Å²) < 4.78 is 6.63. The summed E-state index contributed by atoms with van der Waals surface area (Å²) in [6, 6.07) is 11.8. The number of hydrogen-bond donors (Lipinski definition) is 3. The molecule has 1 amide bonds. The second kappa shape index (κ2) is 9.51. The predicted molar refractivity (Wildman–Crippen MR) is 121 cm³/mol. The molecule has 0 aliphatic carbocycles. The van der Waals surface area contributed by atoms with E-state index in [9.17, 15) is 9.59 Å². The first-order valence-electron chi connectivity index (χ1n) is 9.12. The van der Waals surface area contributed by atoms with Crippen molar-refractivity contribution in [2.24, 2.45) is 12.8 Å². The van der Waals surface area contributed by atoms with E-state index in [1.54, 1.807) is 26.2 Å². The van der Waals surface area contributed by atoms with Gasteiger partial charge in [0.15, 0.2) is 10.8 Å². The van der Waals surface area contributed by atoms with Crippen LogP contribution < -0.4 is 16.4 Å². The lowest BCUT2D eigenvalue weighted by atomic mass is 10.1. The van der Waals surface area contributed by atoms with Gasteiger partial charge in [0.1, 0.15) is 5.00 Å². The molecule has 0 saturated heterocycles. The Bertz CT molecular complexity index is 1080. The molecule has 0 radical (unpaired) electrons. The molecule has 3 rings (SSSR count). The minimum absolute atomic E-state index is 0.0724. The number of aryl methyl sites for hydroxylation is 1. The van der Waals surface area contributed by atoms with Crippen molar-refractivity contribution in [2.45, 2.75) is 13.3 Å². The zero-order chi connectivity index (χ0) is 21.7. The van der Waals surface area contributed by atoms with Gasteiger partial charge < -0.3 is 21.1 Å². The number of anilines is 2. The summed E-state index contributed by atoms with van der Waals surface area (Å²) in [7, 11) is 1.67. The Morgan fingerprint density at radius 2 is 2.00 bits per heavy atom. The average Bonchev–Trinajstić information content (AvgIpc) is 3.25. The third-order valence-electron chi connectivity index (χ3n) is 4.04. The maximum absolute atomic E-state index is 12.4. The summed E-state index contributed by atoms with van der Waals surface area (Å²) in [6.07, 6.45) is 2.27. The second-order valence-electron chi connectivity index (χ2n) is 6.35. The highest BCUT2D eigenvalue weighted by Crippen LogP contribution is 2.31. The van der Waals surface area contributed by atoms with E-state index in [0.29, 0.717) is 22.7 Å². The number of thiocarbonyl (C=S) groups is 1. The first kappa shape index (κ1) is 21.5. The smallest absolute Gasteiger partial charge is 0.341 e. The van der Waals surface area contributed by atoms with Gasteiger partial charge in [0, 0.05) is 24.5 Å². The van der Waals surface area contributed by atoms with E-state index in [1.807, 2.05) is 30.3 Å². The van der Waals surface area contributed by atoms with Crippen molar-refractivity contribution in [1.29, 1.82) is 0 Å². The zero-order valence-corrected chi connectivity index (χ0v) is 18.1. The number of primary amides is 1. The molecular formula is C20H21N5O3S2. The molecule has 0 unspecified atom stereocenters. The van der Waals surface area contributed by atoms with Gasteiger partial charge in [-0.2, -0.15) is 5.10 Å². The molecule has 4 N–H and O–H groups in total. The van der Waals surface area contributed by atoms with Gasteiger partial charge in [0.25, 0.3) is 5.91 Å². The molecule has 0 aliphatic heterocycles. The predicted octanol–water partition coefficient (Wildman–Crippen LogP) is 3.16. The number of nitrogens with one attached hydrogen (secondary N) is 2. The van der Waals surface area contributed by atoms with Crippen LogP contribution in [0, 0.1) is 0 Å². The van der Waals surface area contributed by atoms with Crippen molar-refractivity contribution in [3.63, 3.8) is 0 Å². The Kier molecular flexibility index (Phi) is 6.80. The number of aromatic nitrogens is 2. The van der Waals surface area contributed by atoms with Gasteiger partial charge in [0.05, 0.1) is 17.9 Å². The number of carbonyl (C=O) groups excluding carboxylic acids is 2. The highest BCUT2D eigenvalue weighted by molar-refractivity contribution is 7.80. The molecule has 3 aromatic rings. The number of nitrogens with two attached hydrogens (primary N) is 1. The fourth-order valence-electron chi connectivity index (χ4n) is 2.80. The van der Waals surface area contributed by atoms with Gasteiger partial charge in [-0.1, -0.05) is 30.3 Å². The normalized spacial score (nSPS) is 10.5. The molecule has 2 aromatic heterocycles. The maximum atomic E-state index is 12.4. The molecular weight excluding hydrogens is 422 g/mol. The quantitative estimate of drug-likeness (QED) is 0.380. The number of thiophene rings is 1. The van der Waals surface area contributed by atoms with Gasteiger partial charge in [0.2, 0.25) is 0 Å². The van der Waals surface area contributed by atoms with Crippen molar-refractivity contribution >= 4 is 51.2 Å². The molecule has 0 spiro atoms. The molecule has 8 nitrogen and oxygen atoms in total. The van der Waals surface area contributed by atoms with Crippen LogP contribution in [0.2, 0.25) is 0 Å². The van der Waals surface area contributed by atoms with E-state index in [2.05, 4.69) is 15.7 Å². The van der Waals surface area contributed by atoms with Crippen LogP contribution in [0.3, 0.4) is 0 Å². The van der Waals surface area contributed by atoms with Crippen molar-refractivity contribution < 1.29 is 14.3 Å². The van der Waals surface area contributed by atoms with Crippen molar-refractivity contribution in [3.8, 4) is 0 Å². The van der Waals surface area contributed by atoms with Gasteiger partial charge in [-0.15, -0.1) is 11.3 Å². The molecule has 30 heavy (non-hydrogen) atoms. The van der Waals surface area contributed by atoms with Crippen LogP contribution in [0.5, 0.6) is 0 Å². The first-order chi connectivity index (χ1) is 14.4. The van der Waals surface area contributed by atoms with Crippen molar-refractivity contribution in [2.75, 3.05) is 17.2 Å². The van der Waals surface area contributed by atoms with Gasteiger partial charge >= 0.3 is 5.97 Å². The Balaban J connectivity index is 1.82. The number of amides is 1. The molecule has 0 saturated carbocycles. The summed E-state index contributed by atoms with van der Waals surface area (Å²) >= 11 is 6.78. The minimum Gasteiger partial charge on any atom is -0.462 e. The lowest BCUT2D eigenvalue weighted by Crippen LogP contribution is -2.22. The molecule has 0 atom stereocenters. The molecule has 10 heteroatoms. The maximum Gasteiger partial charge on any atom is 0.341 e. The van der Waals surface area contributed by atoms with E-state index in [-0.39, 0.29) is 17.4 Å². The van der Waals surface area contributed by atoms with E-state index in [1.165, 1.54) is 16.0 Å². The summed E-state index contributed by atoms with van der Waals surface area (Å²) in [5, 5.41) is 10.7. The number of hydrogen-bond acceptors (Lipinski definition) is 6. The third kappa shape index (κ3) is 5.22. The van der Waals surface area contributed by atoms with Gasteiger partial charge in [-0.25, -0.2) is 4.79 Å². The van der Waals surface area contributed by atoms with Crippen LogP contribution in [-0.4, -0.2) is 33.4 Å². The fraction of sp³-hybridized carbons (Fsp3) is 0.200. The SMILES string of the molecule is CCOC(=O)c1cc(Cc2ccccc2)sc1NC(=S)Nc1cn(C)nc1C(N)=O. The number of benzene rings is 1. The molecule has 0 bridgehead atoms. The van der Waals surface area contributed by atoms with Crippen LogP contribution in [0.4, 0.5) is 10.7 Å². The van der Waals surface area contributed by atoms with Gasteiger partial charge in [-0.05, 0) is 30.8 Å². The second-order valence-corrected chi connectivity index (χ2v) is 7.89. The number of rotatable bonds is 7. The number of ether oxygens (including phenoxy) is 1. The molecule has 0 aliphatic rings. The highest BCUT2D eigenvalue weighted by atomic mass is 32.1. The molecule has 2 heterocycles. The monoisotopic (exact) mass is 443 g/mol. The highest BCUT2D eigenvalue weighted by Gasteiger charge is 2.20. The third-order valence-corrected chi connectivity index (χ3v) is 5.29. The van der Waals surface area contributed by atoms with Crippen LogP contribution in [0.1, 0.15) is 38.2 Å². The standard InChI is InChI=1S/C20H21N5O3S2/c1-3-28-19(27)14-10-13(9-12-7-5-4-6-8-12)30-18(14)23-20(29)22-15-11-25(2)24-16(15)17(21)26/h4-8,10-11H,3,9H2,1-2H3,(H2,21,26)(H2,22,23,29). The fourth-order valence-corrected chi connectivity index (χ4v) is 4.16. The minimum atomic E-state index is -0.672. The lowest BCUT2D eigenvalue weighted by Gasteiger charge is -2.10. The van der Waals surface area contributed by atoms with Crippen molar-refractivity contribution in [3.05, 3.63) is 64.3 Å². The lowest BCUT2D eigenvalue weighted by molar-refractivity contribution is 0.0528. The number of carbonyl (C=O) groups is 2. The number of nitrogens with zero attached hydrogens (tertiary/aromatic N) is 2. The Labute approximate surface area is 183 Å². The summed E-state index contributed by atoms with van der Waals surface area (Å²) in [4.78, 5) is 25.0. The summed E-state index contributed by atoms with van der Waals surface area (Å²) in [5.74, 6) is -1.10. The summed E-state index contributed by atoms with van der Waals surface area (Å²) in [5.41, 5.74) is 7.33. The van der Waals surface area contributed by atoms with Crippen LogP contribution in [-0.2, 0) is 18.2 Å². The zero-order valence-electron chi connectivity index (χ0n) is 16.5. The Morgan fingerprint density at radius 1 is 1.27 bits per heavy atom. The summed E-state index contributed by atoms with van der Waals surface area (Å²) in [6.45, 7) is 2.02. The molecule has 156 valence electrons. The molecule has 0 fully saturated rings. The van der Waals surface area contributed by atoms with Crippen molar-refractivity contribution in [1.82, 2.24) is 9.78 Å². The van der Waals surface area contributed by atoms with E-state index >= 15 is 0 Å². The number of esters is 1. The van der Waals surface area contributed by atoms with E-state index in [4.69, 9.17) is 22.7 Å². The Hall–Kier alpha value is -3.24. The molecule has 1 aromatic carbocycles. The van der Waals surface area contributed by atoms with Gasteiger partial charge in [-0.3, -0.25) is 9.48 Å². The van der Waals surface area contributed by atoms with Crippen LogP contribution >= 0.6 is 23.6 Å². The van der Waals surface area contributed by atoms with Crippen LogP contribution in [0.25, 0.3) is 0 Å². The van der Waals surface area contributed by atoms with E-state index < -0.39 is 11.9 Å². The average molecular weight is 444 g/mol. The van der Waals surface area contributed by atoms with E-state index in [0.717, 1.165) is 10.4 Å².